The molecule has 1 heterocycles. The third-order valence-electron chi connectivity index (χ3n) is 4.20. The zero-order valence-electron chi connectivity index (χ0n) is 13.4. The molecule has 1 aromatic heterocycles. The molecule has 3 nitrogen and oxygen atoms in total. The molecule has 0 bridgehead atoms. The number of pyridine rings is 1. The van der Waals surface area contributed by atoms with E-state index < -0.39 is 5.97 Å². The van der Waals surface area contributed by atoms with Gasteiger partial charge in [-0.15, -0.1) is 0 Å². The molecule has 1 N–H and O–H groups in total. The molecule has 0 saturated carbocycles. The van der Waals surface area contributed by atoms with E-state index in [1.807, 2.05) is 19.9 Å². The van der Waals surface area contributed by atoms with Crippen molar-refractivity contribution in [2.75, 3.05) is 0 Å². The average molecular weight is 275 g/mol. The molecule has 1 aromatic rings. The molecule has 110 valence electrons. The van der Waals surface area contributed by atoms with Gasteiger partial charge in [0.1, 0.15) is 0 Å². The second-order valence-electron chi connectivity index (χ2n) is 7.78. The maximum atomic E-state index is 11.5. The van der Waals surface area contributed by atoms with E-state index in [1.165, 1.54) is 0 Å². The Morgan fingerprint density at radius 3 is 2.40 bits per heavy atom. The zero-order valence-corrected chi connectivity index (χ0v) is 13.4. The van der Waals surface area contributed by atoms with E-state index in [-0.39, 0.29) is 16.7 Å². The molecule has 1 aliphatic rings. The highest BCUT2D eigenvalue weighted by molar-refractivity contribution is 5.89. The van der Waals surface area contributed by atoms with E-state index in [1.54, 1.807) is 0 Å². The van der Waals surface area contributed by atoms with Crippen molar-refractivity contribution in [3.63, 3.8) is 0 Å². The normalized spacial score (nSPS) is 19.8. The van der Waals surface area contributed by atoms with Crippen molar-refractivity contribution in [1.82, 2.24) is 4.98 Å². The van der Waals surface area contributed by atoms with Crippen LogP contribution in [0.3, 0.4) is 0 Å². The van der Waals surface area contributed by atoms with Gasteiger partial charge in [0.25, 0.3) is 0 Å². The molecule has 0 aliphatic heterocycles. The molecular weight excluding hydrogens is 250 g/mol. The molecule has 0 radical (unpaired) electrons. The summed E-state index contributed by atoms with van der Waals surface area (Å²) in [6, 6.07) is 1.87. The maximum Gasteiger partial charge on any atom is 0.337 e. The van der Waals surface area contributed by atoms with Crippen LogP contribution in [0.15, 0.2) is 6.07 Å². The summed E-state index contributed by atoms with van der Waals surface area (Å²) in [7, 11) is 0. The third kappa shape index (κ3) is 2.58. The van der Waals surface area contributed by atoms with Gasteiger partial charge in [0.2, 0.25) is 0 Å². The number of nitrogens with zero attached hydrogens (tertiary/aromatic N) is 1. The van der Waals surface area contributed by atoms with Crippen LogP contribution in [0.5, 0.6) is 0 Å². The lowest BCUT2D eigenvalue weighted by molar-refractivity contribution is 0.0694. The number of aromatic nitrogens is 1. The summed E-state index contributed by atoms with van der Waals surface area (Å²) >= 11 is 0. The number of carboxylic acid groups (broad SMARTS) is 1. The molecular formula is C17H25NO2. The standard InChI is InChI=1S/C17H25NO2/c1-10(2)14-11(15(19)20)7-12-13(18-14)8-16(3,4)9-17(12,5)6/h7,10H,8-9H2,1-6H3,(H,19,20). The first-order chi connectivity index (χ1) is 9.03. The van der Waals surface area contributed by atoms with Crippen LogP contribution < -0.4 is 0 Å². The lowest BCUT2D eigenvalue weighted by atomic mass is 9.63. The van der Waals surface area contributed by atoms with Gasteiger partial charge in [0.15, 0.2) is 0 Å². The van der Waals surface area contributed by atoms with Crippen molar-refractivity contribution < 1.29 is 9.90 Å². The fourth-order valence-corrected chi connectivity index (χ4v) is 3.71. The topological polar surface area (TPSA) is 50.2 Å². The highest BCUT2D eigenvalue weighted by Gasteiger charge is 2.39. The van der Waals surface area contributed by atoms with Gasteiger partial charge in [0, 0.05) is 5.69 Å². The SMILES string of the molecule is CC(C)c1nc2c(cc1C(=O)O)C(C)(C)CC(C)(C)C2. The van der Waals surface area contributed by atoms with Gasteiger partial charge in [-0.1, -0.05) is 41.5 Å². The molecule has 0 spiro atoms. The van der Waals surface area contributed by atoms with Crippen LogP contribution in [-0.2, 0) is 11.8 Å². The van der Waals surface area contributed by atoms with Crippen LogP contribution in [0.4, 0.5) is 0 Å². The molecule has 0 amide bonds. The first-order valence-electron chi connectivity index (χ1n) is 7.31. The Labute approximate surface area is 121 Å². The number of rotatable bonds is 2. The van der Waals surface area contributed by atoms with Crippen molar-refractivity contribution >= 4 is 5.97 Å². The van der Waals surface area contributed by atoms with Gasteiger partial charge < -0.3 is 5.11 Å². The second kappa shape index (κ2) is 4.57. The minimum Gasteiger partial charge on any atom is -0.478 e. The van der Waals surface area contributed by atoms with Crippen LogP contribution in [0.1, 0.15) is 81.2 Å². The van der Waals surface area contributed by atoms with E-state index in [0.29, 0.717) is 11.3 Å². The summed E-state index contributed by atoms with van der Waals surface area (Å²) in [4.78, 5) is 16.3. The number of hydrogen-bond donors (Lipinski definition) is 1. The summed E-state index contributed by atoms with van der Waals surface area (Å²) < 4.78 is 0. The summed E-state index contributed by atoms with van der Waals surface area (Å²) in [6.45, 7) is 12.9. The second-order valence-corrected chi connectivity index (χ2v) is 7.78. The first-order valence-corrected chi connectivity index (χ1v) is 7.31. The zero-order chi connectivity index (χ0) is 15.3. The Hall–Kier alpha value is -1.38. The molecule has 0 unspecified atom stereocenters. The van der Waals surface area contributed by atoms with Crippen molar-refractivity contribution in [2.24, 2.45) is 5.41 Å². The summed E-state index contributed by atoms with van der Waals surface area (Å²) in [6.07, 6.45) is 1.97. The van der Waals surface area contributed by atoms with E-state index in [4.69, 9.17) is 4.98 Å². The van der Waals surface area contributed by atoms with E-state index in [2.05, 4.69) is 27.7 Å². The largest absolute Gasteiger partial charge is 0.478 e. The molecule has 3 heteroatoms. The van der Waals surface area contributed by atoms with Crippen LogP contribution in [-0.4, -0.2) is 16.1 Å². The highest BCUT2D eigenvalue weighted by Crippen LogP contribution is 2.45. The fraction of sp³-hybridized carbons (Fsp3) is 0.647. The average Bonchev–Trinajstić information content (AvgIpc) is 2.24. The maximum absolute atomic E-state index is 11.5. The monoisotopic (exact) mass is 275 g/mol. The van der Waals surface area contributed by atoms with E-state index in [9.17, 15) is 9.90 Å². The van der Waals surface area contributed by atoms with E-state index in [0.717, 1.165) is 24.1 Å². The summed E-state index contributed by atoms with van der Waals surface area (Å²) in [5.74, 6) is -0.746. The molecule has 0 atom stereocenters. The lowest BCUT2D eigenvalue weighted by Crippen LogP contribution is -2.36. The Morgan fingerprint density at radius 1 is 1.30 bits per heavy atom. The molecule has 0 aromatic carbocycles. The molecule has 2 rings (SSSR count). The minimum atomic E-state index is -0.871. The summed E-state index contributed by atoms with van der Waals surface area (Å²) in [5, 5.41) is 9.45. The van der Waals surface area contributed by atoms with Crippen LogP contribution in [0.25, 0.3) is 0 Å². The lowest BCUT2D eigenvalue weighted by Gasteiger charge is -2.42. The first kappa shape index (κ1) is 15.0. The molecule has 20 heavy (non-hydrogen) atoms. The van der Waals surface area contributed by atoms with Crippen LogP contribution >= 0.6 is 0 Å². The van der Waals surface area contributed by atoms with Gasteiger partial charge in [0.05, 0.1) is 11.3 Å². The minimum absolute atomic E-state index is 0.0240. The number of carbonyl (C=O) groups is 1. The Bertz CT molecular complexity index is 556. The van der Waals surface area contributed by atoms with Crippen LogP contribution in [0.2, 0.25) is 0 Å². The smallest absolute Gasteiger partial charge is 0.337 e. The van der Waals surface area contributed by atoms with Crippen LogP contribution in [0, 0.1) is 5.41 Å². The highest BCUT2D eigenvalue weighted by atomic mass is 16.4. The van der Waals surface area contributed by atoms with Gasteiger partial charge in [-0.3, -0.25) is 4.98 Å². The van der Waals surface area contributed by atoms with Gasteiger partial charge in [-0.2, -0.15) is 0 Å². The Balaban J connectivity index is 2.68. The number of carboxylic acids is 1. The van der Waals surface area contributed by atoms with Gasteiger partial charge in [-0.25, -0.2) is 4.79 Å². The Morgan fingerprint density at radius 2 is 1.90 bits per heavy atom. The molecule has 0 fully saturated rings. The van der Waals surface area contributed by atoms with Crippen molar-refractivity contribution in [2.45, 2.75) is 65.7 Å². The quantitative estimate of drug-likeness (QED) is 0.882. The fourth-order valence-electron chi connectivity index (χ4n) is 3.71. The molecule has 0 saturated heterocycles. The van der Waals surface area contributed by atoms with Gasteiger partial charge in [-0.05, 0) is 41.2 Å². The van der Waals surface area contributed by atoms with Crippen molar-refractivity contribution in [3.05, 3.63) is 28.6 Å². The Kier molecular flexibility index (Phi) is 3.43. The summed E-state index contributed by atoms with van der Waals surface area (Å²) in [5.41, 5.74) is 3.46. The number of fused-ring (bicyclic) bond motifs is 1. The predicted octanol–water partition coefficient (Wildman–Crippen LogP) is 4.15. The third-order valence-corrected chi connectivity index (χ3v) is 4.20. The number of aromatic carboxylic acids is 1. The van der Waals surface area contributed by atoms with E-state index >= 15 is 0 Å². The molecule has 1 aliphatic carbocycles. The van der Waals surface area contributed by atoms with Crippen molar-refractivity contribution in [1.29, 1.82) is 0 Å². The number of hydrogen-bond acceptors (Lipinski definition) is 2. The predicted molar refractivity (Wildman–Crippen MR) is 80.4 cm³/mol. The van der Waals surface area contributed by atoms with Gasteiger partial charge >= 0.3 is 5.97 Å². The van der Waals surface area contributed by atoms with Crippen molar-refractivity contribution in [3.8, 4) is 0 Å².